The molecule has 1 amide bonds. The Morgan fingerprint density at radius 2 is 1.89 bits per heavy atom. The summed E-state index contributed by atoms with van der Waals surface area (Å²) in [6, 6.07) is 0. The second kappa shape index (κ2) is 6.02. The highest BCUT2D eigenvalue weighted by Crippen LogP contribution is 2.29. The number of rotatable bonds is 4. The molecule has 1 N–H and O–H groups in total. The Morgan fingerprint density at radius 3 is 2.50 bits per heavy atom. The maximum atomic E-state index is 12.5. The molecular formula is C14H27N3O. The topological polar surface area (TPSA) is 35.6 Å². The summed E-state index contributed by atoms with van der Waals surface area (Å²) in [5.74, 6) is 0.336. The normalized spacial score (nSPS) is 24.1. The van der Waals surface area contributed by atoms with E-state index in [1.807, 2.05) is 11.9 Å². The first kappa shape index (κ1) is 13.8. The highest BCUT2D eigenvalue weighted by atomic mass is 16.2. The first-order valence-corrected chi connectivity index (χ1v) is 7.30. The average molecular weight is 253 g/mol. The second-order valence-electron chi connectivity index (χ2n) is 6.09. The van der Waals surface area contributed by atoms with E-state index in [1.165, 1.54) is 25.9 Å². The Bertz CT molecular complexity index is 281. The van der Waals surface area contributed by atoms with Crippen LogP contribution in [0.5, 0.6) is 0 Å². The highest BCUT2D eigenvalue weighted by molar-refractivity contribution is 5.82. The Labute approximate surface area is 111 Å². The third-order valence-electron chi connectivity index (χ3n) is 4.52. The summed E-state index contributed by atoms with van der Waals surface area (Å²) < 4.78 is 0. The van der Waals surface area contributed by atoms with E-state index in [0.717, 1.165) is 39.0 Å². The van der Waals surface area contributed by atoms with Crippen LogP contribution in [0.1, 0.15) is 32.6 Å². The summed E-state index contributed by atoms with van der Waals surface area (Å²) in [7, 11) is 1.96. The van der Waals surface area contributed by atoms with E-state index in [2.05, 4.69) is 17.1 Å². The molecule has 4 heteroatoms. The van der Waals surface area contributed by atoms with Gasteiger partial charge in [-0.1, -0.05) is 6.92 Å². The van der Waals surface area contributed by atoms with Crippen LogP contribution in [0.4, 0.5) is 0 Å². The molecule has 2 fully saturated rings. The Morgan fingerprint density at radius 1 is 1.28 bits per heavy atom. The van der Waals surface area contributed by atoms with Crippen molar-refractivity contribution in [1.29, 1.82) is 0 Å². The summed E-state index contributed by atoms with van der Waals surface area (Å²) in [5.41, 5.74) is -0.134. The maximum Gasteiger partial charge on any atom is 0.228 e. The summed E-state index contributed by atoms with van der Waals surface area (Å²) in [4.78, 5) is 16.9. The number of piperidine rings is 1. The molecular weight excluding hydrogens is 226 g/mol. The third-order valence-corrected chi connectivity index (χ3v) is 4.52. The molecule has 0 aromatic rings. The van der Waals surface area contributed by atoms with Crippen LogP contribution in [0.3, 0.4) is 0 Å². The summed E-state index contributed by atoms with van der Waals surface area (Å²) >= 11 is 0. The van der Waals surface area contributed by atoms with Gasteiger partial charge in [-0.25, -0.2) is 0 Å². The molecule has 2 rings (SSSR count). The van der Waals surface area contributed by atoms with Gasteiger partial charge in [0.25, 0.3) is 0 Å². The van der Waals surface area contributed by atoms with Gasteiger partial charge in [0.1, 0.15) is 0 Å². The molecule has 2 aliphatic heterocycles. The number of hydrogen-bond acceptors (Lipinski definition) is 3. The van der Waals surface area contributed by atoms with Crippen molar-refractivity contribution in [2.45, 2.75) is 32.6 Å². The fraction of sp³-hybridized carbons (Fsp3) is 0.929. The van der Waals surface area contributed by atoms with Crippen molar-refractivity contribution in [3.8, 4) is 0 Å². The molecule has 18 heavy (non-hydrogen) atoms. The van der Waals surface area contributed by atoms with Crippen molar-refractivity contribution in [1.82, 2.24) is 15.1 Å². The van der Waals surface area contributed by atoms with Gasteiger partial charge in [0.05, 0.1) is 0 Å². The Hall–Kier alpha value is -0.610. The van der Waals surface area contributed by atoms with Gasteiger partial charge in [-0.3, -0.25) is 4.79 Å². The van der Waals surface area contributed by atoms with E-state index in [1.54, 1.807) is 0 Å². The molecule has 104 valence electrons. The van der Waals surface area contributed by atoms with Crippen molar-refractivity contribution < 1.29 is 4.79 Å². The molecule has 0 atom stereocenters. The largest absolute Gasteiger partial charge is 0.344 e. The molecule has 0 spiro atoms. The number of likely N-dealkylation sites (N-methyl/N-ethyl adjacent to an activating group) is 1. The minimum Gasteiger partial charge on any atom is -0.344 e. The fourth-order valence-corrected chi connectivity index (χ4v) is 3.05. The van der Waals surface area contributed by atoms with Gasteiger partial charge >= 0.3 is 0 Å². The predicted octanol–water partition coefficient (Wildman–Crippen LogP) is 0.930. The van der Waals surface area contributed by atoms with Gasteiger partial charge < -0.3 is 15.1 Å². The van der Waals surface area contributed by atoms with Crippen LogP contribution in [0, 0.1) is 5.41 Å². The van der Waals surface area contributed by atoms with E-state index in [-0.39, 0.29) is 5.41 Å². The maximum absolute atomic E-state index is 12.5. The number of carbonyl (C=O) groups is 1. The lowest BCUT2D eigenvalue weighted by Gasteiger charge is -2.36. The zero-order valence-corrected chi connectivity index (χ0v) is 11.9. The van der Waals surface area contributed by atoms with Crippen molar-refractivity contribution in [3.05, 3.63) is 0 Å². The van der Waals surface area contributed by atoms with E-state index < -0.39 is 0 Å². The minimum atomic E-state index is -0.134. The quantitative estimate of drug-likeness (QED) is 0.809. The summed E-state index contributed by atoms with van der Waals surface area (Å²) in [6.07, 6.45) is 4.59. The van der Waals surface area contributed by atoms with Gasteiger partial charge in [0.2, 0.25) is 5.91 Å². The molecule has 0 aliphatic carbocycles. The van der Waals surface area contributed by atoms with Crippen molar-refractivity contribution in [3.63, 3.8) is 0 Å². The fourth-order valence-electron chi connectivity index (χ4n) is 3.05. The third kappa shape index (κ3) is 3.23. The van der Waals surface area contributed by atoms with Crippen LogP contribution in [-0.4, -0.2) is 62.0 Å². The monoisotopic (exact) mass is 253 g/mol. The summed E-state index contributed by atoms with van der Waals surface area (Å²) in [6.45, 7) is 8.41. The molecule has 2 aliphatic rings. The van der Waals surface area contributed by atoms with E-state index in [9.17, 15) is 4.79 Å². The molecule has 0 saturated carbocycles. The van der Waals surface area contributed by atoms with Crippen LogP contribution in [0.15, 0.2) is 0 Å². The molecule has 2 saturated heterocycles. The van der Waals surface area contributed by atoms with Gasteiger partial charge in [-0.05, 0) is 51.9 Å². The van der Waals surface area contributed by atoms with Gasteiger partial charge in [-0.15, -0.1) is 0 Å². The SMILES string of the molecule is CN(CCN1CCCC1)C(=O)C1(C)CCNCC1. The number of nitrogens with one attached hydrogen (secondary N) is 1. The van der Waals surface area contributed by atoms with Gasteiger partial charge in [0, 0.05) is 25.6 Å². The second-order valence-corrected chi connectivity index (χ2v) is 6.09. The number of likely N-dealkylation sites (tertiary alicyclic amines) is 1. The predicted molar refractivity (Wildman–Crippen MR) is 73.5 cm³/mol. The molecule has 4 nitrogen and oxygen atoms in total. The molecule has 0 aromatic heterocycles. The van der Waals surface area contributed by atoms with Crippen LogP contribution < -0.4 is 5.32 Å². The van der Waals surface area contributed by atoms with Crippen molar-refractivity contribution >= 4 is 5.91 Å². The smallest absolute Gasteiger partial charge is 0.228 e. The number of hydrogen-bond donors (Lipinski definition) is 1. The first-order chi connectivity index (χ1) is 8.62. The zero-order valence-electron chi connectivity index (χ0n) is 11.9. The van der Waals surface area contributed by atoms with Crippen molar-refractivity contribution in [2.75, 3.05) is 46.3 Å². The van der Waals surface area contributed by atoms with Crippen LogP contribution in [-0.2, 0) is 4.79 Å². The standard InChI is InChI=1S/C14H27N3O/c1-14(5-7-15-8-6-14)13(18)16(2)11-12-17-9-3-4-10-17/h15H,3-12H2,1-2H3. The zero-order chi connectivity index (χ0) is 13.0. The number of amides is 1. The minimum absolute atomic E-state index is 0.134. The van der Waals surface area contributed by atoms with Crippen LogP contribution in [0.2, 0.25) is 0 Å². The Balaban J connectivity index is 1.79. The lowest BCUT2D eigenvalue weighted by molar-refractivity contribution is -0.141. The highest BCUT2D eigenvalue weighted by Gasteiger charge is 2.36. The molecule has 0 unspecified atom stereocenters. The number of carbonyl (C=O) groups excluding carboxylic acids is 1. The van der Waals surface area contributed by atoms with E-state index >= 15 is 0 Å². The molecule has 2 heterocycles. The van der Waals surface area contributed by atoms with E-state index in [4.69, 9.17) is 0 Å². The average Bonchev–Trinajstić information content (AvgIpc) is 2.89. The lowest BCUT2D eigenvalue weighted by atomic mass is 9.80. The first-order valence-electron chi connectivity index (χ1n) is 7.30. The summed E-state index contributed by atoms with van der Waals surface area (Å²) in [5, 5.41) is 3.33. The molecule has 0 radical (unpaired) electrons. The lowest BCUT2D eigenvalue weighted by Crippen LogP contribution is -2.47. The van der Waals surface area contributed by atoms with Crippen LogP contribution >= 0.6 is 0 Å². The van der Waals surface area contributed by atoms with Crippen LogP contribution in [0.25, 0.3) is 0 Å². The molecule has 0 bridgehead atoms. The number of nitrogens with zero attached hydrogens (tertiary/aromatic N) is 2. The molecule has 0 aromatic carbocycles. The Kier molecular flexibility index (Phi) is 4.62. The van der Waals surface area contributed by atoms with Gasteiger partial charge in [-0.2, -0.15) is 0 Å². The van der Waals surface area contributed by atoms with E-state index in [0.29, 0.717) is 5.91 Å². The van der Waals surface area contributed by atoms with Gasteiger partial charge in [0.15, 0.2) is 0 Å². The van der Waals surface area contributed by atoms with Crippen molar-refractivity contribution in [2.24, 2.45) is 5.41 Å².